The molecule has 2 amide bonds. The van der Waals surface area contributed by atoms with Crippen molar-refractivity contribution >= 4 is 11.8 Å². The van der Waals surface area contributed by atoms with Crippen LogP contribution in [0.2, 0.25) is 0 Å². The quantitative estimate of drug-likeness (QED) is 0.809. The molecule has 0 aliphatic carbocycles. The molecule has 1 aromatic carbocycles. The van der Waals surface area contributed by atoms with Gasteiger partial charge in [-0.3, -0.25) is 20.4 Å². The number of amides is 2. The summed E-state index contributed by atoms with van der Waals surface area (Å²) < 4.78 is 4.90. The molecule has 2 N–H and O–H groups in total. The molecule has 0 atom stereocenters. The van der Waals surface area contributed by atoms with Gasteiger partial charge in [0, 0.05) is 5.56 Å². The first kappa shape index (κ1) is 12.9. The van der Waals surface area contributed by atoms with Crippen LogP contribution in [0.5, 0.6) is 0 Å². The largest absolute Gasteiger partial charge is 0.459 e. The topological polar surface area (TPSA) is 71.3 Å². The highest BCUT2D eigenvalue weighted by molar-refractivity contribution is 5.98. The smallest absolute Gasteiger partial charge is 0.305 e. The normalized spacial score (nSPS) is 10.0. The highest BCUT2D eigenvalue weighted by Gasteiger charge is 2.11. The molecule has 0 fully saturated rings. The van der Waals surface area contributed by atoms with Crippen molar-refractivity contribution in [3.63, 3.8) is 0 Å². The zero-order valence-corrected chi connectivity index (χ0v) is 10.7. The molecular formula is C14H14N2O3. The van der Waals surface area contributed by atoms with Crippen LogP contribution in [0.15, 0.2) is 41.0 Å². The summed E-state index contributed by atoms with van der Waals surface area (Å²) >= 11 is 0. The second kappa shape index (κ2) is 5.39. The average molecular weight is 258 g/mol. The van der Waals surface area contributed by atoms with Crippen LogP contribution >= 0.6 is 0 Å². The number of benzene rings is 1. The van der Waals surface area contributed by atoms with Crippen molar-refractivity contribution in [2.45, 2.75) is 13.8 Å². The highest BCUT2D eigenvalue weighted by Crippen LogP contribution is 2.09. The Bertz CT molecular complexity index is 603. The van der Waals surface area contributed by atoms with E-state index < -0.39 is 5.91 Å². The Morgan fingerprint density at radius 2 is 1.74 bits per heavy atom. The molecule has 0 aliphatic rings. The summed E-state index contributed by atoms with van der Waals surface area (Å²) in [6, 6.07) is 8.44. The lowest BCUT2D eigenvalue weighted by atomic mass is 10.1. The van der Waals surface area contributed by atoms with Crippen LogP contribution in [0.3, 0.4) is 0 Å². The molecule has 2 rings (SSSR count). The Morgan fingerprint density at radius 3 is 2.37 bits per heavy atom. The van der Waals surface area contributed by atoms with E-state index in [-0.39, 0.29) is 11.7 Å². The number of nitrogens with one attached hydrogen (secondary N) is 2. The van der Waals surface area contributed by atoms with Crippen molar-refractivity contribution in [3.05, 3.63) is 59.0 Å². The fourth-order valence-corrected chi connectivity index (χ4v) is 1.54. The number of hydrogen-bond donors (Lipinski definition) is 2. The van der Waals surface area contributed by atoms with E-state index in [0.717, 1.165) is 11.1 Å². The summed E-state index contributed by atoms with van der Waals surface area (Å²) in [5.41, 5.74) is 7.24. The molecule has 98 valence electrons. The lowest BCUT2D eigenvalue weighted by Crippen LogP contribution is -2.41. The highest BCUT2D eigenvalue weighted by atomic mass is 16.3. The predicted octanol–water partition coefficient (Wildman–Crippen LogP) is 1.97. The number of aryl methyl sites for hydroxylation is 2. The van der Waals surface area contributed by atoms with E-state index in [0.29, 0.717) is 5.56 Å². The van der Waals surface area contributed by atoms with Gasteiger partial charge in [0.1, 0.15) is 0 Å². The minimum Gasteiger partial charge on any atom is -0.459 e. The predicted molar refractivity (Wildman–Crippen MR) is 69.6 cm³/mol. The number of carbonyl (C=O) groups excluding carboxylic acids is 2. The summed E-state index contributed by atoms with van der Waals surface area (Å²) in [7, 11) is 0. The molecule has 0 saturated carbocycles. The molecule has 19 heavy (non-hydrogen) atoms. The van der Waals surface area contributed by atoms with Gasteiger partial charge in [-0.15, -0.1) is 0 Å². The molecule has 0 spiro atoms. The SMILES string of the molecule is Cc1ccc(C(=O)NNC(=O)c2ccco2)cc1C. The molecule has 0 saturated heterocycles. The maximum atomic E-state index is 11.8. The maximum Gasteiger partial charge on any atom is 0.305 e. The van der Waals surface area contributed by atoms with Crippen molar-refractivity contribution < 1.29 is 14.0 Å². The molecule has 0 bridgehead atoms. The van der Waals surface area contributed by atoms with Gasteiger partial charge in [-0.25, -0.2) is 0 Å². The first-order chi connectivity index (χ1) is 9.08. The molecule has 1 heterocycles. The van der Waals surface area contributed by atoms with E-state index in [4.69, 9.17) is 4.42 Å². The molecule has 1 aromatic heterocycles. The van der Waals surface area contributed by atoms with Crippen molar-refractivity contribution in [1.82, 2.24) is 10.9 Å². The summed E-state index contributed by atoms with van der Waals surface area (Å²) in [5, 5.41) is 0. The van der Waals surface area contributed by atoms with Crippen molar-refractivity contribution in [2.24, 2.45) is 0 Å². The molecule has 0 aliphatic heterocycles. The van der Waals surface area contributed by atoms with Gasteiger partial charge in [-0.2, -0.15) is 0 Å². The van der Waals surface area contributed by atoms with E-state index in [1.165, 1.54) is 12.3 Å². The van der Waals surface area contributed by atoms with Crippen molar-refractivity contribution in [2.75, 3.05) is 0 Å². The number of hydrogen-bond acceptors (Lipinski definition) is 3. The van der Waals surface area contributed by atoms with Gasteiger partial charge in [0.15, 0.2) is 5.76 Å². The standard InChI is InChI=1S/C14H14N2O3/c1-9-5-6-11(8-10(9)2)13(17)15-16-14(18)12-4-3-7-19-12/h3-8H,1-2H3,(H,15,17)(H,16,18). The lowest BCUT2D eigenvalue weighted by Gasteiger charge is -2.07. The van der Waals surface area contributed by atoms with Gasteiger partial charge in [0.25, 0.3) is 5.91 Å². The van der Waals surface area contributed by atoms with Crippen LogP contribution in [0.1, 0.15) is 32.0 Å². The van der Waals surface area contributed by atoms with Gasteiger partial charge in [0.2, 0.25) is 0 Å². The Labute approximate surface area is 110 Å². The van der Waals surface area contributed by atoms with Gasteiger partial charge in [-0.1, -0.05) is 6.07 Å². The Morgan fingerprint density at radius 1 is 1.00 bits per heavy atom. The first-order valence-corrected chi connectivity index (χ1v) is 5.79. The molecule has 0 unspecified atom stereocenters. The minimum absolute atomic E-state index is 0.139. The van der Waals surface area contributed by atoms with Gasteiger partial charge >= 0.3 is 5.91 Å². The van der Waals surface area contributed by atoms with Crippen LogP contribution in [0, 0.1) is 13.8 Å². The van der Waals surface area contributed by atoms with Crippen molar-refractivity contribution in [1.29, 1.82) is 0 Å². The van der Waals surface area contributed by atoms with Crippen LogP contribution in [-0.2, 0) is 0 Å². The monoisotopic (exact) mass is 258 g/mol. The van der Waals surface area contributed by atoms with Crippen molar-refractivity contribution in [3.8, 4) is 0 Å². The van der Waals surface area contributed by atoms with E-state index >= 15 is 0 Å². The molecular weight excluding hydrogens is 244 g/mol. The third-order valence-corrected chi connectivity index (χ3v) is 2.80. The van der Waals surface area contributed by atoms with E-state index in [1.807, 2.05) is 19.9 Å². The molecule has 5 heteroatoms. The summed E-state index contributed by atoms with van der Waals surface area (Å²) in [5.74, 6) is -0.731. The third kappa shape index (κ3) is 3.01. The van der Waals surface area contributed by atoms with E-state index in [9.17, 15) is 9.59 Å². The van der Waals surface area contributed by atoms with Crippen LogP contribution < -0.4 is 10.9 Å². The zero-order valence-electron chi connectivity index (χ0n) is 10.7. The van der Waals surface area contributed by atoms with Crippen LogP contribution in [0.25, 0.3) is 0 Å². The van der Waals surface area contributed by atoms with Crippen LogP contribution in [-0.4, -0.2) is 11.8 Å². The first-order valence-electron chi connectivity index (χ1n) is 5.79. The fourth-order valence-electron chi connectivity index (χ4n) is 1.54. The average Bonchev–Trinajstić information content (AvgIpc) is 2.92. The molecule has 0 radical (unpaired) electrons. The second-order valence-corrected chi connectivity index (χ2v) is 4.18. The summed E-state index contributed by atoms with van der Waals surface area (Å²) in [6.07, 6.45) is 1.39. The Balaban J connectivity index is 1.98. The third-order valence-electron chi connectivity index (χ3n) is 2.80. The second-order valence-electron chi connectivity index (χ2n) is 4.18. The van der Waals surface area contributed by atoms with Gasteiger partial charge in [-0.05, 0) is 49.2 Å². The number of carbonyl (C=O) groups is 2. The molecule has 2 aromatic rings. The Hall–Kier alpha value is -2.56. The number of rotatable bonds is 2. The van der Waals surface area contributed by atoms with Gasteiger partial charge in [0.05, 0.1) is 6.26 Å². The maximum absolute atomic E-state index is 11.8. The summed E-state index contributed by atoms with van der Waals surface area (Å²) in [6.45, 7) is 3.89. The van der Waals surface area contributed by atoms with E-state index in [1.54, 1.807) is 18.2 Å². The lowest BCUT2D eigenvalue weighted by molar-refractivity contribution is 0.0831. The zero-order chi connectivity index (χ0) is 13.8. The molecule has 5 nitrogen and oxygen atoms in total. The van der Waals surface area contributed by atoms with E-state index in [2.05, 4.69) is 10.9 Å². The van der Waals surface area contributed by atoms with Crippen LogP contribution in [0.4, 0.5) is 0 Å². The minimum atomic E-state index is -0.498. The van der Waals surface area contributed by atoms with Gasteiger partial charge < -0.3 is 4.42 Å². The summed E-state index contributed by atoms with van der Waals surface area (Å²) in [4.78, 5) is 23.4. The fraction of sp³-hybridized carbons (Fsp3) is 0.143. The Kier molecular flexibility index (Phi) is 3.66. The number of furan rings is 1. The number of hydrazine groups is 1.